The highest BCUT2D eigenvalue weighted by Crippen LogP contribution is 2.26. The Kier molecular flexibility index (Phi) is 16.2. The van der Waals surface area contributed by atoms with Crippen LogP contribution in [0.4, 0.5) is 17.1 Å². The van der Waals surface area contributed by atoms with Crippen molar-refractivity contribution in [1.29, 1.82) is 0 Å². The summed E-state index contributed by atoms with van der Waals surface area (Å²) < 4.78 is 1.63. The van der Waals surface area contributed by atoms with Gasteiger partial charge in [0.05, 0.1) is 5.69 Å². The van der Waals surface area contributed by atoms with E-state index in [2.05, 4.69) is 33.5 Å². The number of likely N-dealkylation sites (tertiary alicyclic amines) is 1. The third kappa shape index (κ3) is 12.9. The maximum atomic E-state index is 13.1. The van der Waals surface area contributed by atoms with Gasteiger partial charge < -0.3 is 31.2 Å². The maximum Gasteiger partial charge on any atom is 0.272 e. The van der Waals surface area contributed by atoms with Crippen LogP contribution in [0, 0.1) is 17.8 Å². The number of nitrogens with zero attached hydrogens (tertiary/aromatic N) is 2. The number of amides is 7. The van der Waals surface area contributed by atoms with E-state index < -0.39 is 23.9 Å². The average Bonchev–Trinajstić information content (AvgIpc) is 3.61. The molecule has 0 spiro atoms. The highest BCUT2D eigenvalue weighted by Gasteiger charge is 2.39. The van der Waals surface area contributed by atoms with Crippen molar-refractivity contribution < 1.29 is 33.6 Å². The minimum atomic E-state index is -0.912. The zero-order chi connectivity index (χ0) is 39.2. The average molecular weight is 736 g/mol. The van der Waals surface area contributed by atoms with Crippen LogP contribution in [-0.4, -0.2) is 69.4 Å². The van der Waals surface area contributed by atoms with Gasteiger partial charge in [0.25, 0.3) is 5.91 Å². The number of carbonyl (C=O) groups excluding carboxylic acids is 7. The Morgan fingerprint density at radius 1 is 0.755 bits per heavy atom. The van der Waals surface area contributed by atoms with Gasteiger partial charge in [-0.2, -0.15) is 0 Å². The Balaban J connectivity index is 1.42. The molecule has 2 heterocycles. The van der Waals surface area contributed by atoms with Crippen molar-refractivity contribution >= 4 is 58.4 Å². The Labute approximate surface area is 312 Å². The van der Waals surface area contributed by atoms with Gasteiger partial charge in [0, 0.05) is 56.3 Å². The molecule has 7 amide bonds. The molecule has 290 valence electrons. The molecule has 3 rings (SSSR count). The number of anilines is 3. The van der Waals surface area contributed by atoms with Crippen molar-refractivity contribution in [3.8, 4) is 0 Å². The number of carbonyl (C=O) groups is 7. The monoisotopic (exact) mass is 735 g/mol. The molecular formula is C39H57N7O7. The molecule has 5 N–H and O–H groups in total. The lowest BCUT2D eigenvalue weighted by Crippen LogP contribution is -2.53. The summed E-state index contributed by atoms with van der Waals surface area (Å²) in [5, 5.41) is 13.8. The molecule has 53 heavy (non-hydrogen) atoms. The summed E-state index contributed by atoms with van der Waals surface area (Å²) in [6.45, 7) is 11.4. The van der Waals surface area contributed by atoms with E-state index in [0.29, 0.717) is 55.0 Å². The summed E-state index contributed by atoms with van der Waals surface area (Å²) in [6.07, 6.45) is 7.14. The number of imide groups is 1. The van der Waals surface area contributed by atoms with Gasteiger partial charge in [-0.3, -0.25) is 38.5 Å². The molecule has 1 fully saturated rings. The lowest BCUT2D eigenvalue weighted by Gasteiger charge is -2.24. The molecule has 0 radical (unpaired) electrons. The van der Waals surface area contributed by atoms with Gasteiger partial charge in [-0.15, -0.1) is 0 Å². The number of benzene rings is 1. The number of rotatable bonds is 20. The van der Waals surface area contributed by atoms with Crippen LogP contribution in [-0.2, 0) is 35.8 Å². The van der Waals surface area contributed by atoms with Crippen LogP contribution in [0.3, 0.4) is 0 Å². The van der Waals surface area contributed by atoms with Crippen LogP contribution >= 0.6 is 0 Å². The molecule has 1 aliphatic heterocycles. The summed E-state index contributed by atoms with van der Waals surface area (Å²) in [5.74, 6) is -2.35. The number of hydrogen-bond acceptors (Lipinski definition) is 7. The van der Waals surface area contributed by atoms with Crippen LogP contribution in [0.5, 0.6) is 0 Å². The van der Waals surface area contributed by atoms with E-state index in [1.165, 1.54) is 4.90 Å². The number of aryl methyl sites for hydroxylation is 1. The third-order valence-corrected chi connectivity index (χ3v) is 9.33. The first-order valence-corrected chi connectivity index (χ1v) is 18.7. The van der Waals surface area contributed by atoms with Crippen LogP contribution in [0.15, 0.2) is 36.5 Å². The van der Waals surface area contributed by atoms with Gasteiger partial charge in [0.1, 0.15) is 17.8 Å². The second-order valence-electron chi connectivity index (χ2n) is 14.5. The van der Waals surface area contributed by atoms with Crippen molar-refractivity contribution in [3.05, 3.63) is 42.2 Å². The Bertz CT molecular complexity index is 1620. The smallest absolute Gasteiger partial charge is 0.272 e. The largest absolute Gasteiger partial charge is 0.344 e. The van der Waals surface area contributed by atoms with Crippen LogP contribution in [0.1, 0.15) is 110 Å². The highest BCUT2D eigenvalue weighted by molar-refractivity contribution is 6.05. The van der Waals surface area contributed by atoms with E-state index in [1.807, 2.05) is 13.8 Å². The van der Waals surface area contributed by atoms with Gasteiger partial charge >= 0.3 is 0 Å². The SMILES string of the molecule is CCCCCC(=O)Nc1cc(C(=O)Nc2ccc(NC(=O)[C@H](C)NC(=O)[C@@H](NC(=O)CCCCCN3C(=O)CC(C(C)C)C3=O)C(C)C)cc2)n(C)c1. The zero-order valence-electron chi connectivity index (χ0n) is 32.2. The lowest BCUT2D eigenvalue weighted by molar-refractivity contribution is -0.140. The van der Waals surface area contributed by atoms with Crippen molar-refractivity contribution in [2.24, 2.45) is 24.8 Å². The quantitative estimate of drug-likeness (QED) is 0.0938. The first-order valence-electron chi connectivity index (χ1n) is 18.7. The van der Waals surface area contributed by atoms with E-state index in [9.17, 15) is 33.6 Å². The van der Waals surface area contributed by atoms with Crippen LogP contribution in [0.25, 0.3) is 0 Å². The van der Waals surface area contributed by atoms with Crippen molar-refractivity contribution in [3.63, 3.8) is 0 Å². The molecule has 1 aliphatic rings. The topological polar surface area (TPSA) is 188 Å². The number of aromatic nitrogens is 1. The molecule has 2 aromatic rings. The first kappa shape index (κ1) is 42.4. The minimum Gasteiger partial charge on any atom is -0.344 e. The second-order valence-corrected chi connectivity index (χ2v) is 14.5. The molecule has 1 aromatic carbocycles. The van der Waals surface area contributed by atoms with Crippen molar-refractivity contribution in [2.45, 2.75) is 111 Å². The first-order chi connectivity index (χ1) is 25.1. The van der Waals surface area contributed by atoms with Gasteiger partial charge in [-0.1, -0.05) is 53.9 Å². The Morgan fingerprint density at radius 2 is 1.38 bits per heavy atom. The molecule has 0 bridgehead atoms. The third-order valence-electron chi connectivity index (χ3n) is 9.33. The van der Waals surface area contributed by atoms with Crippen LogP contribution in [0.2, 0.25) is 0 Å². The summed E-state index contributed by atoms with van der Waals surface area (Å²) >= 11 is 0. The van der Waals surface area contributed by atoms with Gasteiger partial charge in [-0.05, 0) is 68.4 Å². The Hall–Kier alpha value is -5.01. The molecule has 1 unspecified atom stereocenters. The molecule has 3 atom stereocenters. The summed E-state index contributed by atoms with van der Waals surface area (Å²) in [4.78, 5) is 89.9. The standard InChI is InChI=1S/C39H57N7O7/c1-8-9-11-14-32(47)41-29-21-31(45(7)23-29)37(51)43-28-18-16-27(17-19-28)42-36(50)26(6)40-38(52)35(25(4)5)44-33(48)15-12-10-13-20-46-34(49)22-30(24(2)3)39(46)53/h16-19,21,23-26,30,35H,8-15,20,22H2,1-7H3,(H,40,52)(H,41,47)(H,42,50)(H,43,51)(H,44,48)/t26-,30?,35-/m0/s1. The fourth-order valence-corrected chi connectivity index (χ4v) is 6.05. The maximum absolute atomic E-state index is 13.1. The van der Waals surface area contributed by atoms with Gasteiger partial charge in [0.2, 0.25) is 35.4 Å². The van der Waals surface area contributed by atoms with E-state index >= 15 is 0 Å². The van der Waals surface area contributed by atoms with Gasteiger partial charge in [-0.25, -0.2) is 0 Å². The number of unbranched alkanes of at least 4 members (excludes halogenated alkanes) is 4. The normalized spacial score (nSPS) is 15.3. The minimum absolute atomic E-state index is 0.0956. The van der Waals surface area contributed by atoms with E-state index in [1.54, 1.807) is 68.9 Å². The van der Waals surface area contributed by atoms with E-state index in [4.69, 9.17) is 0 Å². The number of hydrogen-bond donors (Lipinski definition) is 5. The molecule has 0 saturated carbocycles. The fourth-order valence-electron chi connectivity index (χ4n) is 6.05. The number of nitrogens with one attached hydrogen (secondary N) is 5. The van der Waals surface area contributed by atoms with E-state index in [-0.39, 0.29) is 60.1 Å². The zero-order valence-corrected chi connectivity index (χ0v) is 32.2. The van der Waals surface area contributed by atoms with Crippen molar-refractivity contribution in [2.75, 3.05) is 22.5 Å². The molecule has 1 saturated heterocycles. The van der Waals surface area contributed by atoms with Crippen LogP contribution < -0.4 is 26.6 Å². The summed E-state index contributed by atoms with van der Waals surface area (Å²) in [7, 11) is 1.72. The fraction of sp³-hybridized carbons (Fsp3) is 0.564. The molecular weight excluding hydrogens is 678 g/mol. The predicted octanol–water partition coefficient (Wildman–Crippen LogP) is 4.97. The molecule has 14 heteroatoms. The molecule has 1 aromatic heterocycles. The molecule has 0 aliphatic carbocycles. The highest BCUT2D eigenvalue weighted by atomic mass is 16.2. The lowest BCUT2D eigenvalue weighted by atomic mass is 9.94. The van der Waals surface area contributed by atoms with E-state index in [0.717, 1.165) is 19.3 Å². The van der Waals surface area contributed by atoms with Gasteiger partial charge in [0.15, 0.2) is 0 Å². The molecule has 14 nitrogen and oxygen atoms in total. The summed E-state index contributed by atoms with van der Waals surface area (Å²) in [6, 6.07) is 6.36. The Morgan fingerprint density at radius 3 is 1.98 bits per heavy atom. The van der Waals surface area contributed by atoms with Crippen molar-refractivity contribution in [1.82, 2.24) is 20.1 Å². The summed E-state index contributed by atoms with van der Waals surface area (Å²) in [5.41, 5.74) is 1.84. The second kappa shape index (κ2) is 20.3. The predicted molar refractivity (Wildman–Crippen MR) is 204 cm³/mol.